The summed E-state index contributed by atoms with van der Waals surface area (Å²) >= 11 is 0. The van der Waals surface area contributed by atoms with E-state index >= 15 is 0 Å². The number of ether oxygens (including phenoxy) is 1. The average molecular weight is 416 g/mol. The Morgan fingerprint density at radius 1 is 1.00 bits per heavy atom. The maximum atomic E-state index is 12.4. The van der Waals surface area contributed by atoms with E-state index in [1.807, 2.05) is 51.2 Å². The minimum Gasteiger partial charge on any atom is -0.444 e. The second kappa shape index (κ2) is 8.06. The molecular formula is C26H29N3O2. The third-order valence-electron chi connectivity index (χ3n) is 5.71. The Bertz CT molecular complexity index is 1070. The van der Waals surface area contributed by atoms with Crippen LogP contribution >= 0.6 is 0 Å². The smallest absolute Gasteiger partial charge is 0.408 e. The average Bonchev–Trinajstić information content (AvgIpc) is 2.70. The molecule has 3 N–H and O–H groups in total. The van der Waals surface area contributed by atoms with Gasteiger partial charge in [-0.05, 0) is 68.4 Å². The Labute approximate surface area is 183 Å². The molecule has 2 aromatic carbocycles. The first-order valence-electron chi connectivity index (χ1n) is 10.7. The van der Waals surface area contributed by atoms with Crippen molar-refractivity contribution in [2.24, 2.45) is 0 Å². The predicted molar refractivity (Wildman–Crippen MR) is 124 cm³/mol. The van der Waals surface area contributed by atoms with Gasteiger partial charge in [0.15, 0.2) is 0 Å². The molecule has 0 spiro atoms. The molecule has 0 bridgehead atoms. The zero-order chi connectivity index (χ0) is 22.1. The minimum atomic E-state index is -0.519. The summed E-state index contributed by atoms with van der Waals surface area (Å²) in [7, 11) is 0. The molecule has 1 aliphatic carbocycles. The summed E-state index contributed by atoms with van der Waals surface area (Å²) in [4.78, 5) is 16.7. The fraction of sp³-hybridized carbons (Fsp3) is 0.308. The Kier molecular flexibility index (Phi) is 5.44. The van der Waals surface area contributed by atoms with Crippen LogP contribution in [0.3, 0.4) is 0 Å². The van der Waals surface area contributed by atoms with Gasteiger partial charge in [-0.3, -0.25) is 0 Å². The van der Waals surface area contributed by atoms with Gasteiger partial charge >= 0.3 is 6.09 Å². The quantitative estimate of drug-likeness (QED) is 0.556. The number of aromatic nitrogens is 1. The van der Waals surface area contributed by atoms with E-state index in [-0.39, 0.29) is 11.6 Å². The molecule has 0 unspecified atom stereocenters. The Morgan fingerprint density at radius 2 is 1.65 bits per heavy atom. The zero-order valence-corrected chi connectivity index (χ0v) is 18.3. The molecule has 5 heteroatoms. The van der Waals surface area contributed by atoms with Crippen LogP contribution in [0.2, 0.25) is 0 Å². The highest BCUT2D eigenvalue weighted by molar-refractivity contribution is 5.84. The van der Waals surface area contributed by atoms with Gasteiger partial charge < -0.3 is 15.8 Å². The first-order valence-corrected chi connectivity index (χ1v) is 10.7. The number of carbonyl (C=O) groups excluding carboxylic acids is 1. The standard InChI is InChI=1S/C26H29N3O2/c1-25(2,3)31-24(30)29-26(14-7-15-26)20-12-10-19(11-13-20)22-17-28-23(27)16-21(22)18-8-5-4-6-9-18/h4-6,8-13,16-17H,7,14-15H2,1-3H3,(H2,27,28)(H,29,30). The number of nitrogen functional groups attached to an aromatic ring is 1. The molecule has 0 saturated heterocycles. The summed E-state index contributed by atoms with van der Waals surface area (Å²) in [5, 5.41) is 3.12. The second-order valence-electron chi connectivity index (χ2n) is 9.16. The van der Waals surface area contributed by atoms with Gasteiger partial charge in [-0.1, -0.05) is 54.6 Å². The number of benzene rings is 2. The summed E-state index contributed by atoms with van der Waals surface area (Å²) in [6.07, 6.45) is 4.35. The summed E-state index contributed by atoms with van der Waals surface area (Å²) in [6, 6.07) is 20.4. The number of pyridine rings is 1. The molecule has 0 radical (unpaired) electrons. The van der Waals surface area contributed by atoms with Crippen LogP contribution in [-0.4, -0.2) is 16.7 Å². The zero-order valence-electron chi connectivity index (χ0n) is 18.3. The third-order valence-corrected chi connectivity index (χ3v) is 5.71. The number of alkyl carbamates (subject to hydrolysis) is 1. The van der Waals surface area contributed by atoms with Gasteiger partial charge in [0.2, 0.25) is 0 Å². The van der Waals surface area contributed by atoms with E-state index in [1.165, 1.54) is 0 Å². The van der Waals surface area contributed by atoms with E-state index in [0.29, 0.717) is 5.82 Å². The van der Waals surface area contributed by atoms with Crippen LogP contribution in [0.5, 0.6) is 0 Å². The van der Waals surface area contributed by atoms with Gasteiger partial charge in [-0.25, -0.2) is 9.78 Å². The summed E-state index contributed by atoms with van der Waals surface area (Å²) in [6.45, 7) is 5.62. The number of hydrogen-bond donors (Lipinski definition) is 2. The fourth-order valence-electron chi connectivity index (χ4n) is 4.04. The summed E-state index contributed by atoms with van der Waals surface area (Å²) in [5.74, 6) is 0.495. The van der Waals surface area contributed by atoms with Crippen molar-refractivity contribution in [3.05, 3.63) is 72.4 Å². The Morgan fingerprint density at radius 3 is 2.23 bits per heavy atom. The highest BCUT2D eigenvalue weighted by atomic mass is 16.6. The number of nitrogens with two attached hydrogens (primary N) is 1. The molecule has 31 heavy (non-hydrogen) atoms. The van der Waals surface area contributed by atoms with Crippen molar-refractivity contribution >= 4 is 11.9 Å². The maximum absolute atomic E-state index is 12.4. The minimum absolute atomic E-state index is 0.359. The van der Waals surface area contributed by atoms with E-state index < -0.39 is 5.60 Å². The van der Waals surface area contributed by atoms with E-state index in [2.05, 4.69) is 46.7 Å². The highest BCUT2D eigenvalue weighted by Crippen LogP contribution is 2.42. The molecule has 160 valence electrons. The van der Waals surface area contributed by atoms with Crippen LogP contribution in [0.25, 0.3) is 22.3 Å². The van der Waals surface area contributed by atoms with Gasteiger partial charge in [0.05, 0.1) is 5.54 Å². The van der Waals surface area contributed by atoms with Gasteiger partial charge in [0, 0.05) is 11.8 Å². The van der Waals surface area contributed by atoms with Crippen molar-refractivity contribution in [3.63, 3.8) is 0 Å². The van der Waals surface area contributed by atoms with E-state index in [9.17, 15) is 4.79 Å². The van der Waals surface area contributed by atoms with Gasteiger partial charge in [-0.15, -0.1) is 0 Å². The van der Waals surface area contributed by atoms with Gasteiger partial charge in [0.25, 0.3) is 0 Å². The monoisotopic (exact) mass is 415 g/mol. The molecular weight excluding hydrogens is 386 g/mol. The maximum Gasteiger partial charge on any atom is 0.408 e. The molecule has 5 nitrogen and oxygen atoms in total. The number of nitrogens with one attached hydrogen (secondary N) is 1. The largest absolute Gasteiger partial charge is 0.444 e. The molecule has 1 aliphatic rings. The number of amides is 1. The van der Waals surface area contributed by atoms with E-state index in [4.69, 9.17) is 10.5 Å². The van der Waals surface area contributed by atoms with Crippen LogP contribution < -0.4 is 11.1 Å². The highest BCUT2D eigenvalue weighted by Gasteiger charge is 2.41. The summed E-state index contributed by atoms with van der Waals surface area (Å²) in [5.41, 5.74) is 10.4. The lowest BCUT2D eigenvalue weighted by Gasteiger charge is -2.43. The molecule has 1 fully saturated rings. The molecule has 4 rings (SSSR count). The van der Waals surface area contributed by atoms with Crippen molar-refractivity contribution < 1.29 is 9.53 Å². The molecule has 1 saturated carbocycles. The second-order valence-corrected chi connectivity index (χ2v) is 9.16. The number of nitrogens with zero attached hydrogens (tertiary/aromatic N) is 1. The van der Waals surface area contributed by atoms with Crippen molar-refractivity contribution in [1.82, 2.24) is 10.3 Å². The molecule has 1 aromatic heterocycles. The van der Waals surface area contributed by atoms with Crippen molar-refractivity contribution in [1.29, 1.82) is 0 Å². The van der Waals surface area contributed by atoms with Crippen molar-refractivity contribution in [2.75, 3.05) is 5.73 Å². The number of rotatable bonds is 4. The number of hydrogen-bond acceptors (Lipinski definition) is 4. The van der Waals surface area contributed by atoms with Crippen LogP contribution in [0, 0.1) is 0 Å². The summed E-state index contributed by atoms with van der Waals surface area (Å²) < 4.78 is 5.49. The van der Waals surface area contributed by atoms with Crippen LogP contribution in [0.4, 0.5) is 10.6 Å². The van der Waals surface area contributed by atoms with E-state index in [0.717, 1.165) is 47.1 Å². The SMILES string of the molecule is CC(C)(C)OC(=O)NC1(c2ccc(-c3cnc(N)cc3-c3ccccc3)cc2)CCC1. The fourth-order valence-corrected chi connectivity index (χ4v) is 4.04. The lowest BCUT2D eigenvalue weighted by atomic mass is 9.71. The van der Waals surface area contributed by atoms with Gasteiger partial charge in [-0.2, -0.15) is 0 Å². The number of anilines is 1. The van der Waals surface area contributed by atoms with Crippen molar-refractivity contribution in [2.45, 2.75) is 51.2 Å². The predicted octanol–water partition coefficient (Wildman–Crippen LogP) is 5.90. The lowest BCUT2D eigenvalue weighted by Crippen LogP contribution is -2.52. The molecule has 3 aromatic rings. The lowest BCUT2D eigenvalue weighted by molar-refractivity contribution is 0.0377. The third kappa shape index (κ3) is 4.55. The van der Waals surface area contributed by atoms with Crippen LogP contribution in [0.15, 0.2) is 66.9 Å². The van der Waals surface area contributed by atoms with Crippen LogP contribution in [-0.2, 0) is 10.3 Å². The topological polar surface area (TPSA) is 77.2 Å². The Balaban J connectivity index is 1.63. The molecule has 0 aliphatic heterocycles. The van der Waals surface area contributed by atoms with Crippen molar-refractivity contribution in [3.8, 4) is 22.3 Å². The number of carbonyl (C=O) groups is 1. The molecule has 1 amide bonds. The van der Waals surface area contributed by atoms with Gasteiger partial charge in [0.1, 0.15) is 11.4 Å². The Hall–Kier alpha value is -3.34. The first-order chi connectivity index (χ1) is 14.8. The molecule has 0 atom stereocenters. The first kappa shape index (κ1) is 20.9. The van der Waals surface area contributed by atoms with Crippen LogP contribution in [0.1, 0.15) is 45.6 Å². The molecule has 1 heterocycles. The normalized spacial score (nSPS) is 15.1. The van der Waals surface area contributed by atoms with E-state index in [1.54, 1.807) is 0 Å².